The quantitative estimate of drug-likeness (QED) is 0.609. The molecule has 0 rings (SSSR count). The predicted molar refractivity (Wildman–Crippen MR) is 57.1 cm³/mol. The zero-order valence-corrected chi connectivity index (χ0v) is 9.33. The van der Waals surface area contributed by atoms with Gasteiger partial charge in [-0.15, -0.1) is 11.6 Å². The molecule has 0 amide bonds. The first-order valence-corrected chi connectivity index (χ1v) is 5.25. The maximum absolute atomic E-state index is 5.66. The van der Waals surface area contributed by atoms with Crippen molar-refractivity contribution in [1.29, 1.82) is 0 Å². The highest BCUT2D eigenvalue weighted by atomic mass is 35.5. The third-order valence-electron chi connectivity index (χ3n) is 1.60. The predicted octanol–water partition coefficient (Wildman–Crippen LogP) is 3.08. The molecule has 0 spiro atoms. The summed E-state index contributed by atoms with van der Waals surface area (Å²) in [5, 5.41) is 0. The van der Waals surface area contributed by atoms with Gasteiger partial charge in [0.05, 0.1) is 0 Å². The number of nitrogens with zero attached hydrogens (tertiary/aromatic N) is 1. The van der Waals surface area contributed by atoms with E-state index in [-0.39, 0.29) is 0 Å². The maximum atomic E-state index is 5.66. The molecule has 0 aliphatic carbocycles. The van der Waals surface area contributed by atoms with E-state index in [1.807, 2.05) is 6.92 Å². The van der Waals surface area contributed by atoms with E-state index in [4.69, 9.17) is 23.2 Å². The normalized spacial score (nSPS) is 12.6. The van der Waals surface area contributed by atoms with E-state index in [1.165, 1.54) is 5.57 Å². The van der Waals surface area contributed by atoms with Crippen LogP contribution in [-0.2, 0) is 0 Å². The molecule has 1 nitrogen and oxygen atoms in total. The first-order valence-electron chi connectivity index (χ1n) is 4.28. The Hall–Kier alpha value is 0.280. The molecule has 0 aromatic carbocycles. The lowest BCUT2D eigenvalue weighted by Crippen LogP contribution is -2.28. The second-order valence-corrected chi connectivity index (χ2v) is 3.52. The van der Waals surface area contributed by atoms with Crippen LogP contribution in [0.1, 0.15) is 20.3 Å². The molecule has 0 aliphatic rings. The van der Waals surface area contributed by atoms with Gasteiger partial charge >= 0.3 is 0 Å². The van der Waals surface area contributed by atoms with Crippen LogP contribution in [0.5, 0.6) is 0 Å². The summed E-state index contributed by atoms with van der Waals surface area (Å²) >= 11 is 11.2. The molecule has 0 atom stereocenters. The fourth-order valence-electron chi connectivity index (χ4n) is 1.09. The average Bonchev–Trinajstić information content (AvgIpc) is 2.05. The molecule has 12 heavy (non-hydrogen) atoms. The van der Waals surface area contributed by atoms with E-state index in [0.717, 1.165) is 26.1 Å². The molecule has 72 valence electrons. The highest BCUT2D eigenvalue weighted by Gasteiger charge is 2.02. The highest BCUT2D eigenvalue weighted by molar-refractivity contribution is 6.25. The van der Waals surface area contributed by atoms with E-state index in [0.29, 0.717) is 5.88 Å². The van der Waals surface area contributed by atoms with Crippen molar-refractivity contribution in [2.24, 2.45) is 0 Å². The standard InChI is InChI=1S/C9H17Cl2N/c1-3-5-12(6-4-10)8-9(2)7-11/h7H,3-6,8H2,1-2H3. The molecule has 0 N–H and O–H groups in total. The van der Waals surface area contributed by atoms with Gasteiger partial charge in [-0.2, -0.15) is 0 Å². The van der Waals surface area contributed by atoms with Crippen LogP contribution >= 0.6 is 23.2 Å². The van der Waals surface area contributed by atoms with Crippen LogP contribution in [0.15, 0.2) is 11.1 Å². The highest BCUT2D eigenvalue weighted by Crippen LogP contribution is 2.01. The van der Waals surface area contributed by atoms with Gasteiger partial charge in [-0.3, -0.25) is 4.90 Å². The monoisotopic (exact) mass is 209 g/mol. The summed E-state index contributed by atoms with van der Waals surface area (Å²) < 4.78 is 0. The van der Waals surface area contributed by atoms with Gasteiger partial charge in [-0.25, -0.2) is 0 Å². The van der Waals surface area contributed by atoms with Crippen LogP contribution in [-0.4, -0.2) is 30.4 Å². The van der Waals surface area contributed by atoms with E-state index >= 15 is 0 Å². The van der Waals surface area contributed by atoms with E-state index < -0.39 is 0 Å². The van der Waals surface area contributed by atoms with Crippen LogP contribution < -0.4 is 0 Å². The van der Waals surface area contributed by atoms with Crippen molar-refractivity contribution in [3.63, 3.8) is 0 Å². The van der Waals surface area contributed by atoms with E-state index in [1.54, 1.807) is 5.54 Å². The first kappa shape index (κ1) is 12.3. The van der Waals surface area contributed by atoms with Crippen molar-refractivity contribution in [3.05, 3.63) is 11.1 Å². The zero-order valence-electron chi connectivity index (χ0n) is 7.82. The summed E-state index contributed by atoms with van der Waals surface area (Å²) in [6.07, 6.45) is 1.16. The van der Waals surface area contributed by atoms with Crippen molar-refractivity contribution < 1.29 is 0 Å². The third kappa shape index (κ3) is 5.87. The van der Waals surface area contributed by atoms with Crippen molar-refractivity contribution in [1.82, 2.24) is 4.90 Å². The number of halogens is 2. The minimum absolute atomic E-state index is 0.690. The fourth-order valence-corrected chi connectivity index (χ4v) is 1.40. The van der Waals surface area contributed by atoms with Crippen LogP contribution in [0, 0.1) is 0 Å². The SMILES string of the molecule is CCCN(CCCl)CC(C)=CCl. The molecule has 0 aliphatic heterocycles. The molecule has 3 heteroatoms. The molecule has 0 fully saturated rings. The van der Waals surface area contributed by atoms with Gasteiger partial charge in [0.2, 0.25) is 0 Å². The molecule has 0 unspecified atom stereocenters. The van der Waals surface area contributed by atoms with Gasteiger partial charge in [0.25, 0.3) is 0 Å². The smallest absolute Gasteiger partial charge is 0.0351 e. The second-order valence-electron chi connectivity index (χ2n) is 2.92. The molecule has 0 heterocycles. The molecule has 0 radical (unpaired) electrons. The number of rotatable bonds is 6. The zero-order chi connectivity index (χ0) is 9.40. The van der Waals surface area contributed by atoms with Gasteiger partial charge in [-0.1, -0.05) is 18.5 Å². The summed E-state index contributed by atoms with van der Waals surface area (Å²) in [6.45, 7) is 7.17. The third-order valence-corrected chi connectivity index (χ3v) is 2.14. The van der Waals surface area contributed by atoms with E-state index in [2.05, 4.69) is 11.8 Å². The molecule has 0 saturated heterocycles. The Balaban J connectivity index is 3.77. The lowest BCUT2D eigenvalue weighted by atomic mass is 10.3. The summed E-state index contributed by atoms with van der Waals surface area (Å²) in [5.41, 5.74) is 2.83. The Morgan fingerprint density at radius 3 is 2.50 bits per heavy atom. The van der Waals surface area contributed by atoms with Crippen LogP contribution in [0.2, 0.25) is 0 Å². The lowest BCUT2D eigenvalue weighted by Gasteiger charge is -2.20. The lowest BCUT2D eigenvalue weighted by molar-refractivity contribution is 0.315. The Morgan fingerprint density at radius 1 is 1.42 bits per heavy atom. The molecular weight excluding hydrogens is 193 g/mol. The van der Waals surface area contributed by atoms with Gasteiger partial charge in [0, 0.05) is 24.5 Å². The Labute approximate surface area is 85.3 Å². The van der Waals surface area contributed by atoms with Crippen molar-refractivity contribution in [3.8, 4) is 0 Å². The van der Waals surface area contributed by atoms with Gasteiger partial charge in [0.15, 0.2) is 0 Å². The number of alkyl halides is 1. The van der Waals surface area contributed by atoms with Crippen LogP contribution in [0.25, 0.3) is 0 Å². The second kappa shape index (κ2) is 7.90. The average molecular weight is 210 g/mol. The van der Waals surface area contributed by atoms with E-state index in [9.17, 15) is 0 Å². The van der Waals surface area contributed by atoms with Crippen molar-refractivity contribution in [2.45, 2.75) is 20.3 Å². The van der Waals surface area contributed by atoms with Gasteiger partial charge in [-0.05, 0) is 25.5 Å². The molecule has 0 bridgehead atoms. The van der Waals surface area contributed by atoms with Crippen molar-refractivity contribution >= 4 is 23.2 Å². The molecular formula is C9H17Cl2N. The molecule has 0 saturated carbocycles. The van der Waals surface area contributed by atoms with Crippen molar-refractivity contribution in [2.75, 3.05) is 25.5 Å². The summed E-state index contributed by atoms with van der Waals surface area (Å²) in [5.74, 6) is 0.690. The van der Waals surface area contributed by atoms with Gasteiger partial charge < -0.3 is 0 Å². The van der Waals surface area contributed by atoms with Crippen LogP contribution in [0.3, 0.4) is 0 Å². The summed E-state index contributed by atoms with van der Waals surface area (Å²) in [6, 6.07) is 0. The first-order chi connectivity index (χ1) is 5.74. The Kier molecular flexibility index (Phi) is 8.09. The Bertz CT molecular complexity index is 128. The Morgan fingerprint density at radius 2 is 2.08 bits per heavy atom. The largest absolute Gasteiger partial charge is 0.298 e. The minimum atomic E-state index is 0.690. The summed E-state index contributed by atoms with van der Waals surface area (Å²) in [4.78, 5) is 2.31. The fraction of sp³-hybridized carbons (Fsp3) is 0.778. The number of hydrogen-bond acceptors (Lipinski definition) is 1. The van der Waals surface area contributed by atoms with Gasteiger partial charge in [0.1, 0.15) is 0 Å². The molecule has 0 aromatic rings. The topological polar surface area (TPSA) is 3.24 Å². The summed E-state index contributed by atoms with van der Waals surface area (Å²) in [7, 11) is 0. The minimum Gasteiger partial charge on any atom is -0.298 e. The number of hydrogen-bond donors (Lipinski definition) is 0. The maximum Gasteiger partial charge on any atom is 0.0351 e. The van der Waals surface area contributed by atoms with Crippen LogP contribution in [0.4, 0.5) is 0 Å². The molecule has 0 aromatic heterocycles.